The maximum absolute atomic E-state index is 14.3. The van der Waals surface area contributed by atoms with Crippen LogP contribution < -0.4 is 15.1 Å². The molecule has 2 saturated heterocycles. The van der Waals surface area contributed by atoms with E-state index in [9.17, 15) is 9.18 Å². The van der Waals surface area contributed by atoms with Gasteiger partial charge in [-0.2, -0.15) is 0 Å². The van der Waals surface area contributed by atoms with Crippen molar-refractivity contribution in [2.45, 2.75) is 36.3 Å². The van der Waals surface area contributed by atoms with Gasteiger partial charge >= 0.3 is 0 Å². The number of amides is 1. The lowest BCUT2D eigenvalue weighted by Crippen LogP contribution is -2.47. The molecule has 7 nitrogen and oxygen atoms in total. The van der Waals surface area contributed by atoms with Gasteiger partial charge in [0.25, 0.3) is 5.91 Å². The Hall–Kier alpha value is -3.66. The van der Waals surface area contributed by atoms with Gasteiger partial charge < -0.3 is 15.1 Å². The highest BCUT2D eigenvalue weighted by Crippen LogP contribution is 2.27. The lowest BCUT2D eigenvalue weighted by atomic mass is 10.0. The number of nitrogens with zero attached hydrogens (tertiary/aromatic N) is 5. The summed E-state index contributed by atoms with van der Waals surface area (Å²) in [6, 6.07) is 27.1. The number of hydrogen-bond donors (Lipinski definition) is 1. The van der Waals surface area contributed by atoms with Crippen LogP contribution in [0, 0.1) is 5.82 Å². The van der Waals surface area contributed by atoms with Crippen LogP contribution in [0.1, 0.15) is 34.3 Å². The SMILES string of the molecule is O=C(NC1CCN(Cc2ccccc2)CC1)c1cccc(CSc2nc(Cl)cc(N3CCN(c4ccccc4F)CC3)n2)c1. The summed E-state index contributed by atoms with van der Waals surface area (Å²) < 4.78 is 14.3. The first-order valence-corrected chi connectivity index (χ1v) is 16.4. The minimum Gasteiger partial charge on any atom is -0.366 e. The van der Waals surface area contributed by atoms with Gasteiger partial charge in [-0.25, -0.2) is 14.4 Å². The van der Waals surface area contributed by atoms with Gasteiger partial charge in [0, 0.05) is 69.2 Å². The van der Waals surface area contributed by atoms with Crippen molar-refractivity contribution in [3.05, 3.63) is 113 Å². The zero-order valence-corrected chi connectivity index (χ0v) is 26.1. The number of benzene rings is 3. The molecule has 0 radical (unpaired) electrons. The van der Waals surface area contributed by atoms with E-state index in [0.29, 0.717) is 53.5 Å². The molecular formula is C34H36ClFN6OS. The Kier molecular flexibility index (Phi) is 9.95. The number of anilines is 2. The van der Waals surface area contributed by atoms with Gasteiger partial charge in [0.15, 0.2) is 5.16 Å². The van der Waals surface area contributed by atoms with Gasteiger partial charge in [-0.3, -0.25) is 9.69 Å². The quantitative estimate of drug-likeness (QED) is 0.133. The van der Waals surface area contributed by atoms with Crippen LogP contribution in [0.4, 0.5) is 15.9 Å². The number of piperidine rings is 1. The number of carbonyl (C=O) groups excluding carboxylic acids is 1. The van der Waals surface area contributed by atoms with Crippen molar-refractivity contribution in [3.8, 4) is 0 Å². The Morgan fingerprint density at radius 1 is 0.841 bits per heavy atom. The van der Waals surface area contributed by atoms with Crippen molar-refractivity contribution in [1.29, 1.82) is 0 Å². The maximum Gasteiger partial charge on any atom is 0.251 e. The molecule has 0 saturated carbocycles. The normalized spacial score (nSPS) is 16.2. The number of para-hydroxylation sites is 1. The molecule has 6 rings (SSSR count). The van der Waals surface area contributed by atoms with Gasteiger partial charge in [0.1, 0.15) is 16.8 Å². The van der Waals surface area contributed by atoms with Crippen molar-refractivity contribution >= 4 is 40.8 Å². The Morgan fingerprint density at radius 3 is 2.32 bits per heavy atom. The summed E-state index contributed by atoms with van der Waals surface area (Å²) >= 11 is 7.89. The largest absolute Gasteiger partial charge is 0.366 e. The molecular weight excluding hydrogens is 595 g/mol. The zero-order chi connectivity index (χ0) is 30.3. The lowest BCUT2D eigenvalue weighted by Gasteiger charge is -2.36. The van der Waals surface area contributed by atoms with Crippen molar-refractivity contribution in [3.63, 3.8) is 0 Å². The molecule has 10 heteroatoms. The van der Waals surface area contributed by atoms with E-state index in [-0.39, 0.29) is 17.8 Å². The van der Waals surface area contributed by atoms with Crippen molar-refractivity contribution in [2.24, 2.45) is 0 Å². The van der Waals surface area contributed by atoms with Crippen LogP contribution in [-0.4, -0.2) is 66.1 Å². The van der Waals surface area contributed by atoms with Crippen molar-refractivity contribution in [1.82, 2.24) is 20.2 Å². The number of carbonyl (C=O) groups is 1. The number of halogens is 2. The second kappa shape index (κ2) is 14.4. The van der Waals surface area contributed by atoms with Gasteiger partial charge in [0.05, 0.1) is 5.69 Å². The molecule has 0 spiro atoms. The standard InChI is InChI=1S/C34H36ClFN6OS/c35-31-22-32(42-19-17-41(18-20-42)30-12-5-4-11-29(30)36)39-34(38-31)44-24-26-9-6-10-27(21-26)33(43)37-28-13-15-40(16-14-28)23-25-7-2-1-3-8-25/h1-12,21-22,28H,13-20,23-24H2,(H,37,43). The van der Waals surface area contributed by atoms with Crippen LogP contribution in [-0.2, 0) is 12.3 Å². The summed E-state index contributed by atoms with van der Waals surface area (Å²) in [7, 11) is 0. The van der Waals surface area contributed by atoms with Crippen LogP contribution in [0.25, 0.3) is 0 Å². The topological polar surface area (TPSA) is 64.6 Å². The van der Waals surface area contributed by atoms with E-state index in [1.807, 2.05) is 42.5 Å². The molecule has 228 valence electrons. The fourth-order valence-corrected chi connectivity index (χ4v) is 6.82. The molecule has 0 atom stereocenters. The van der Waals surface area contributed by atoms with E-state index < -0.39 is 0 Å². The summed E-state index contributed by atoms with van der Waals surface area (Å²) in [6.45, 7) is 5.67. The fraction of sp³-hybridized carbons (Fsp3) is 0.324. The number of aromatic nitrogens is 2. The minimum absolute atomic E-state index is 0.0332. The molecule has 0 bridgehead atoms. The van der Waals surface area contributed by atoms with Gasteiger partial charge in [-0.15, -0.1) is 0 Å². The van der Waals surface area contributed by atoms with Crippen LogP contribution in [0.5, 0.6) is 0 Å². The molecule has 4 aromatic rings. The van der Waals surface area contributed by atoms with E-state index in [4.69, 9.17) is 16.6 Å². The average molecular weight is 631 g/mol. The smallest absolute Gasteiger partial charge is 0.251 e. The fourth-order valence-electron chi connectivity index (χ4n) is 5.79. The summed E-state index contributed by atoms with van der Waals surface area (Å²) in [5.41, 5.74) is 3.63. The number of rotatable bonds is 9. The first-order valence-electron chi connectivity index (χ1n) is 15.1. The lowest BCUT2D eigenvalue weighted by molar-refractivity contribution is 0.0909. The summed E-state index contributed by atoms with van der Waals surface area (Å²) in [5.74, 6) is 1.14. The Balaban J connectivity index is 1.00. The molecule has 2 aliphatic rings. The number of hydrogen-bond acceptors (Lipinski definition) is 7. The van der Waals surface area contributed by atoms with E-state index in [1.54, 1.807) is 12.1 Å². The molecule has 1 aromatic heterocycles. The first-order chi connectivity index (χ1) is 21.5. The summed E-state index contributed by atoms with van der Waals surface area (Å²) in [6.07, 6.45) is 1.89. The van der Waals surface area contributed by atoms with E-state index >= 15 is 0 Å². The maximum atomic E-state index is 14.3. The molecule has 1 N–H and O–H groups in total. The third kappa shape index (κ3) is 7.88. The Morgan fingerprint density at radius 2 is 1.55 bits per heavy atom. The second-order valence-electron chi connectivity index (χ2n) is 11.3. The highest BCUT2D eigenvalue weighted by molar-refractivity contribution is 7.98. The van der Waals surface area contributed by atoms with Crippen molar-refractivity contribution in [2.75, 3.05) is 49.1 Å². The number of thioether (sulfide) groups is 1. The number of nitrogens with one attached hydrogen (secondary N) is 1. The monoisotopic (exact) mass is 630 g/mol. The Bertz CT molecular complexity index is 1560. The van der Waals surface area contributed by atoms with Gasteiger partial charge in [0.2, 0.25) is 0 Å². The zero-order valence-electron chi connectivity index (χ0n) is 24.5. The van der Waals surface area contributed by atoms with E-state index in [0.717, 1.165) is 43.9 Å². The Labute approximate surface area is 267 Å². The second-order valence-corrected chi connectivity index (χ2v) is 12.6. The molecule has 3 aromatic carbocycles. The van der Waals surface area contributed by atoms with E-state index in [2.05, 4.69) is 49.3 Å². The molecule has 0 unspecified atom stereocenters. The molecule has 0 aliphatic carbocycles. The average Bonchev–Trinajstić information content (AvgIpc) is 3.05. The predicted molar refractivity (Wildman–Crippen MR) is 176 cm³/mol. The van der Waals surface area contributed by atoms with E-state index in [1.165, 1.54) is 23.4 Å². The highest BCUT2D eigenvalue weighted by Gasteiger charge is 2.23. The first kappa shape index (κ1) is 30.4. The van der Waals surface area contributed by atoms with Gasteiger partial charge in [-0.1, -0.05) is 78.0 Å². The molecule has 2 fully saturated rings. The molecule has 1 amide bonds. The summed E-state index contributed by atoms with van der Waals surface area (Å²) in [4.78, 5) is 29.0. The van der Waals surface area contributed by atoms with Crippen LogP contribution >= 0.6 is 23.4 Å². The summed E-state index contributed by atoms with van der Waals surface area (Å²) in [5, 5.41) is 4.21. The van der Waals surface area contributed by atoms with Crippen molar-refractivity contribution < 1.29 is 9.18 Å². The highest BCUT2D eigenvalue weighted by atomic mass is 35.5. The third-order valence-electron chi connectivity index (χ3n) is 8.19. The van der Waals surface area contributed by atoms with Crippen LogP contribution in [0.15, 0.2) is 90.1 Å². The minimum atomic E-state index is -0.203. The number of likely N-dealkylation sites (tertiary alicyclic amines) is 1. The number of piperazine rings is 1. The molecule has 2 aliphatic heterocycles. The van der Waals surface area contributed by atoms with Gasteiger partial charge in [-0.05, 0) is 48.2 Å². The molecule has 44 heavy (non-hydrogen) atoms. The van der Waals surface area contributed by atoms with Crippen LogP contribution in [0.3, 0.4) is 0 Å². The molecule has 3 heterocycles. The van der Waals surface area contributed by atoms with Crippen LogP contribution in [0.2, 0.25) is 5.15 Å². The predicted octanol–water partition coefficient (Wildman–Crippen LogP) is 6.28. The third-order valence-corrected chi connectivity index (χ3v) is 9.30.